The highest BCUT2D eigenvalue weighted by atomic mass is 28.4. The molecule has 0 saturated carbocycles. The Kier molecular flexibility index (Phi) is 4.20. The molecule has 1 aromatic rings. The predicted octanol–water partition coefficient (Wildman–Crippen LogP) is 4.07. The molecule has 0 amide bonds. The number of hydrogen-bond acceptors (Lipinski definition) is 1. The molecule has 2 heteroatoms. The Morgan fingerprint density at radius 3 is 1.86 bits per heavy atom. The summed E-state index contributed by atoms with van der Waals surface area (Å²) in [6.07, 6.45) is 0. The van der Waals surface area contributed by atoms with Crippen molar-refractivity contribution in [2.24, 2.45) is 0 Å². The van der Waals surface area contributed by atoms with Crippen LogP contribution in [0.15, 0.2) is 30.3 Å². The van der Waals surface area contributed by atoms with Gasteiger partial charge in [0.2, 0.25) is 8.32 Å². The Balaban J connectivity index is 2.74. The zero-order valence-electron chi connectivity index (χ0n) is 9.42. The SMILES string of the molecule is CC[Si](CC)(CC)Oc1ccccc1. The van der Waals surface area contributed by atoms with Crippen molar-refractivity contribution >= 4 is 8.32 Å². The van der Waals surface area contributed by atoms with Crippen LogP contribution in [0.1, 0.15) is 20.8 Å². The van der Waals surface area contributed by atoms with Crippen LogP contribution in [0.3, 0.4) is 0 Å². The van der Waals surface area contributed by atoms with E-state index in [9.17, 15) is 0 Å². The molecule has 14 heavy (non-hydrogen) atoms. The van der Waals surface area contributed by atoms with Crippen molar-refractivity contribution in [2.75, 3.05) is 0 Å². The lowest BCUT2D eigenvalue weighted by molar-refractivity contribution is 0.532. The van der Waals surface area contributed by atoms with Gasteiger partial charge in [-0.1, -0.05) is 39.0 Å². The van der Waals surface area contributed by atoms with E-state index in [1.165, 1.54) is 18.1 Å². The predicted molar refractivity (Wildman–Crippen MR) is 64.3 cm³/mol. The zero-order chi connectivity index (χ0) is 10.4. The normalized spacial score (nSPS) is 11.4. The molecule has 0 radical (unpaired) electrons. The molecule has 1 nitrogen and oxygen atoms in total. The topological polar surface area (TPSA) is 9.23 Å². The van der Waals surface area contributed by atoms with E-state index in [0.29, 0.717) is 0 Å². The molecule has 0 bridgehead atoms. The lowest BCUT2D eigenvalue weighted by Crippen LogP contribution is -2.39. The monoisotopic (exact) mass is 208 g/mol. The molecule has 0 aliphatic carbocycles. The number of rotatable bonds is 5. The molecule has 0 N–H and O–H groups in total. The van der Waals surface area contributed by atoms with Gasteiger partial charge < -0.3 is 4.43 Å². The molecule has 0 heterocycles. The molecule has 0 spiro atoms. The van der Waals surface area contributed by atoms with Crippen LogP contribution in [0, 0.1) is 0 Å². The highest BCUT2D eigenvalue weighted by molar-refractivity contribution is 6.74. The van der Waals surface area contributed by atoms with Crippen molar-refractivity contribution in [3.8, 4) is 5.75 Å². The standard InChI is InChI=1S/C12H20OSi/c1-4-14(5-2,6-3)13-12-10-8-7-9-11-12/h7-11H,4-6H2,1-3H3. The van der Waals surface area contributed by atoms with Crippen molar-refractivity contribution in [1.29, 1.82) is 0 Å². The number of hydrogen-bond donors (Lipinski definition) is 0. The van der Waals surface area contributed by atoms with Gasteiger partial charge in [0, 0.05) is 0 Å². The van der Waals surface area contributed by atoms with Crippen LogP contribution >= 0.6 is 0 Å². The zero-order valence-corrected chi connectivity index (χ0v) is 10.4. The van der Waals surface area contributed by atoms with Crippen molar-refractivity contribution in [2.45, 2.75) is 38.9 Å². The first kappa shape index (κ1) is 11.3. The fraction of sp³-hybridized carbons (Fsp3) is 0.500. The minimum Gasteiger partial charge on any atom is -0.544 e. The van der Waals surface area contributed by atoms with E-state index < -0.39 is 8.32 Å². The smallest absolute Gasteiger partial charge is 0.250 e. The fourth-order valence-electron chi connectivity index (χ4n) is 1.71. The Hall–Kier alpha value is -0.763. The van der Waals surface area contributed by atoms with Gasteiger partial charge in [-0.05, 0) is 30.3 Å². The Bertz CT molecular complexity index is 246. The number of benzene rings is 1. The van der Waals surface area contributed by atoms with Crippen molar-refractivity contribution in [3.63, 3.8) is 0 Å². The van der Waals surface area contributed by atoms with E-state index in [4.69, 9.17) is 4.43 Å². The van der Waals surface area contributed by atoms with Crippen LogP contribution in [-0.4, -0.2) is 8.32 Å². The summed E-state index contributed by atoms with van der Waals surface area (Å²) in [5, 5.41) is 0. The Morgan fingerprint density at radius 2 is 1.43 bits per heavy atom. The number of para-hydroxylation sites is 1. The average Bonchev–Trinajstić information content (AvgIpc) is 2.28. The fourth-order valence-corrected chi connectivity index (χ4v) is 4.27. The molecule has 0 aromatic heterocycles. The van der Waals surface area contributed by atoms with Crippen LogP contribution < -0.4 is 4.43 Å². The molecule has 0 aliphatic rings. The van der Waals surface area contributed by atoms with Crippen molar-refractivity contribution in [1.82, 2.24) is 0 Å². The second-order valence-corrected chi connectivity index (χ2v) is 8.35. The summed E-state index contributed by atoms with van der Waals surface area (Å²) in [6.45, 7) is 6.76. The van der Waals surface area contributed by atoms with Crippen LogP contribution in [0.2, 0.25) is 18.1 Å². The second-order valence-electron chi connectivity index (χ2n) is 3.66. The summed E-state index contributed by atoms with van der Waals surface area (Å²) in [5.41, 5.74) is 0. The van der Waals surface area contributed by atoms with Crippen molar-refractivity contribution in [3.05, 3.63) is 30.3 Å². The molecule has 1 rings (SSSR count). The van der Waals surface area contributed by atoms with Crippen LogP contribution in [0.4, 0.5) is 0 Å². The highest BCUT2D eigenvalue weighted by Gasteiger charge is 2.30. The van der Waals surface area contributed by atoms with Gasteiger partial charge in [0.05, 0.1) is 0 Å². The summed E-state index contributed by atoms with van der Waals surface area (Å²) in [5.74, 6) is 1.05. The summed E-state index contributed by atoms with van der Waals surface area (Å²) < 4.78 is 6.19. The molecule has 0 atom stereocenters. The lowest BCUT2D eigenvalue weighted by atomic mass is 10.3. The maximum absolute atomic E-state index is 6.19. The minimum absolute atomic E-state index is 1.05. The molecule has 0 aliphatic heterocycles. The minimum atomic E-state index is -1.46. The molecule has 78 valence electrons. The van der Waals surface area contributed by atoms with Gasteiger partial charge in [-0.15, -0.1) is 0 Å². The van der Waals surface area contributed by atoms with E-state index in [0.717, 1.165) is 5.75 Å². The largest absolute Gasteiger partial charge is 0.544 e. The quantitative estimate of drug-likeness (QED) is 0.663. The van der Waals surface area contributed by atoms with Gasteiger partial charge in [0.25, 0.3) is 0 Å². The Morgan fingerprint density at radius 1 is 0.929 bits per heavy atom. The first-order valence-corrected chi connectivity index (χ1v) is 8.03. The average molecular weight is 208 g/mol. The molecule has 0 unspecified atom stereocenters. The molecule has 0 saturated heterocycles. The molecular formula is C12H20OSi. The summed E-state index contributed by atoms with van der Waals surface area (Å²) in [7, 11) is -1.46. The summed E-state index contributed by atoms with van der Waals surface area (Å²) >= 11 is 0. The van der Waals surface area contributed by atoms with Gasteiger partial charge in [0.15, 0.2) is 0 Å². The molecular weight excluding hydrogens is 188 g/mol. The highest BCUT2D eigenvalue weighted by Crippen LogP contribution is 2.24. The second kappa shape index (κ2) is 5.20. The third kappa shape index (κ3) is 2.61. The lowest BCUT2D eigenvalue weighted by Gasteiger charge is -2.28. The van der Waals surface area contributed by atoms with Crippen molar-refractivity contribution < 1.29 is 4.43 Å². The van der Waals surface area contributed by atoms with Gasteiger partial charge in [-0.25, -0.2) is 0 Å². The van der Waals surface area contributed by atoms with E-state index in [1.54, 1.807) is 0 Å². The van der Waals surface area contributed by atoms with Gasteiger partial charge >= 0.3 is 0 Å². The maximum atomic E-state index is 6.19. The van der Waals surface area contributed by atoms with Gasteiger partial charge in [-0.2, -0.15) is 0 Å². The third-order valence-electron chi connectivity index (χ3n) is 3.01. The van der Waals surface area contributed by atoms with Crippen LogP contribution in [0.25, 0.3) is 0 Å². The molecule has 0 fully saturated rings. The van der Waals surface area contributed by atoms with E-state index in [-0.39, 0.29) is 0 Å². The van der Waals surface area contributed by atoms with Gasteiger partial charge in [0.1, 0.15) is 5.75 Å². The van der Waals surface area contributed by atoms with E-state index in [2.05, 4.69) is 32.9 Å². The Labute approximate surface area is 88.2 Å². The van der Waals surface area contributed by atoms with Crippen LogP contribution in [0.5, 0.6) is 5.75 Å². The summed E-state index contributed by atoms with van der Waals surface area (Å²) in [6, 6.07) is 13.8. The first-order chi connectivity index (χ1) is 6.76. The summed E-state index contributed by atoms with van der Waals surface area (Å²) in [4.78, 5) is 0. The third-order valence-corrected chi connectivity index (χ3v) is 7.55. The van der Waals surface area contributed by atoms with E-state index in [1.807, 2.05) is 18.2 Å². The first-order valence-electron chi connectivity index (χ1n) is 5.50. The molecule has 1 aromatic carbocycles. The van der Waals surface area contributed by atoms with Gasteiger partial charge in [-0.3, -0.25) is 0 Å². The maximum Gasteiger partial charge on any atom is 0.250 e. The van der Waals surface area contributed by atoms with E-state index >= 15 is 0 Å². The van der Waals surface area contributed by atoms with Crippen LogP contribution in [-0.2, 0) is 0 Å².